The second kappa shape index (κ2) is 4.86. The van der Waals surface area contributed by atoms with E-state index in [2.05, 4.69) is 4.98 Å². The predicted octanol–water partition coefficient (Wildman–Crippen LogP) is 3.15. The molecule has 1 heterocycles. The van der Waals surface area contributed by atoms with E-state index in [9.17, 15) is 5.11 Å². The van der Waals surface area contributed by atoms with Crippen molar-refractivity contribution >= 4 is 11.3 Å². The summed E-state index contributed by atoms with van der Waals surface area (Å²) in [6.45, 7) is 3.97. The van der Waals surface area contributed by atoms with E-state index in [1.165, 1.54) is 11.3 Å². The van der Waals surface area contributed by atoms with Crippen LogP contribution in [0.5, 0.6) is 17.4 Å². The first-order valence-corrected chi connectivity index (χ1v) is 6.33. The molecule has 0 spiro atoms. The van der Waals surface area contributed by atoms with Gasteiger partial charge in [0.1, 0.15) is 16.5 Å². The van der Waals surface area contributed by atoms with Crippen LogP contribution in [-0.4, -0.2) is 24.3 Å². The lowest BCUT2D eigenvalue weighted by molar-refractivity contribution is 0.399. The van der Waals surface area contributed by atoms with Gasteiger partial charge in [-0.3, -0.25) is 0 Å². The van der Waals surface area contributed by atoms with Crippen molar-refractivity contribution < 1.29 is 14.6 Å². The lowest BCUT2D eigenvalue weighted by Gasteiger charge is -2.15. The number of hydrogen-bond acceptors (Lipinski definition) is 5. The highest BCUT2D eigenvalue weighted by atomic mass is 32.1. The van der Waals surface area contributed by atoms with Gasteiger partial charge in [-0.2, -0.15) is 0 Å². The highest BCUT2D eigenvalue weighted by Crippen LogP contribution is 2.41. The zero-order chi connectivity index (χ0) is 13.3. The molecular formula is C13H15NO3S. The first kappa shape index (κ1) is 12.7. The van der Waals surface area contributed by atoms with Crippen molar-refractivity contribution in [2.24, 2.45) is 0 Å². The normalized spacial score (nSPS) is 10.4. The van der Waals surface area contributed by atoms with Gasteiger partial charge in [0.2, 0.25) is 5.88 Å². The Kier molecular flexibility index (Phi) is 3.43. The summed E-state index contributed by atoms with van der Waals surface area (Å²) in [6, 6.07) is 1.89. The Balaban J connectivity index is 2.69. The van der Waals surface area contributed by atoms with E-state index in [4.69, 9.17) is 9.47 Å². The molecule has 5 heteroatoms. The van der Waals surface area contributed by atoms with Gasteiger partial charge in [0.15, 0.2) is 0 Å². The van der Waals surface area contributed by atoms with Crippen LogP contribution in [-0.2, 0) is 0 Å². The van der Waals surface area contributed by atoms with Crippen LogP contribution in [0.4, 0.5) is 0 Å². The van der Waals surface area contributed by atoms with Gasteiger partial charge < -0.3 is 14.6 Å². The van der Waals surface area contributed by atoms with Gasteiger partial charge in [-0.05, 0) is 31.0 Å². The molecule has 1 N–H and O–H groups in total. The monoisotopic (exact) mass is 265 g/mol. The zero-order valence-corrected chi connectivity index (χ0v) is 11.6. The van der Waals surface area contributed by atoms with E-state index < -0.39 is 0 Å². The molecular weight excluding hydrogens is 250 g/mol. The van der Waals surface area contributed by atoms with Gasteiger partial charge in [0.05, 0.1) is 25.2 Å². The molecule has 0 bridgehead atoms. The topological polar surface area (TPSA) is 51.6 Å². The lowest BCUT2D eigenvalue weighted by Crippen LogP contribution is -1.97. The van der Waals surface area contributed by atoms with E-state index in [1.807, 2.05) is 19.9 Å². The number of rotatable bonds is 3. The summed E-state index contributed by atoms with van der Waals surface area (Å²) in [5.74, 6) is 1.58. The maximum Gasteiger partial charge on any atom is 0.222 e. The molecule has 96 valence electrons. The van der Waals surface area contributed by atoms with Gasteiger partial charge in [0, 0.05) is 0 Å². The van der Waals surface area contributed by atoms with Crippen LogP contribution >= 0.6 is 11.3 Å². The van der Waals surface area contributed by atoms with Crippen molar-refractivity contribution in [2.75, 3.05) is 14.2 Å². The number of nitrogens with zero attached hydrogens (tertiary/aromatic N) is 1. The fourth-order valence-corrected chi connectivity index (χ4v) is 2.58. The smallest absolute Gasteiger partial charge is 0.222 e. The molecule has 1 aromatic heterocycles. The van der Waals surface area contributed by atoms with Gasteiger partial charge in [-0.15, -0.1) is 11.3 Å². The summed E-state index contributed by atoms with van der Waals surface area (Å²) < 4.78 is 10.8. The van der Waals surface area contributed by atoms with E-state index in [0.717, 1.165) is 28.2 Å². The molecule has 18 heavy (non-hydrogen) atoms. The van der Waals surface area contributed by atoms with Crippen molar-refractivity contribution in [2.45, 2.75) is 13.8 Å². The largest absolute Gasteiger partial charge is 0.496 e. The minimum Gasteiger partial charge on any atom is -0.496 e. The number of thiazole rings is 1. The van der Waals surface area contributed by atoms with E-state index in [0.29, 0.717) is 5.01 Å². The third-order valence-electron chi connectivity index (χ3n) is 2.94. The number of ether oxygens (including phenoxy) is 2. The minimum atomic E-state index is 0.0225. The summed E-state index contributed by atoms with van der Waals surface area (Å²) in [5.41, 5.74) is 2.89. The van der Waals surface area contributed by atoms with Gasteiger partial charge >= 0.3 is 0 Å². The van der Waals surface area contributed by atoms with Crippen molar-refractivity contribution in [1.82, 2.24) is 4.98 Å². The van der Waals surface area contributed by atoms with Crippen molar-refractivity contribution in [1.29, 1.82) is 0 Å². The standard InChI is InChI=1S/C13H15NO3S/c1-7-8(2)12(17-4)9(5-10(7)16-3)13-14-11(15)6-18-13/h5-6,15H,1-4H3. The number of benzene rings is 1. The molecule has 0 aliphatic heterocycles. The molecule has 0 amide bonds. The zero-order valence-electron chi connectivity index (χ0n) is 10.8. The first-order chi connectivity index (χ1) is 8.58. The molecule has 0 unspecified atom stereocenters. The highest BCUT2D eigenvalue weighted by Gasteiger charge is 2.17. The van der Waals surface area contributed by atoms with Crippen LogP contribution in [0.15, 0.2) is 11.4 Å². The van der Waals surface area contributed by atoms with Crippen molar-refractivity contribution in [3.63, 3.8) is 0 Å². The van der Waals surface area contributed by atoms with Crippen LogP contribution in [0.3, 0.4) is 0 Å². The molecule has 0 atom stereocenters. The molecule has 0 saturated heterocycles. The second-order valence-corrected chi connectivity index (χ2v) is 4.78. The Morgan fingerprint density at radius 1 is 1.17 bits per heavy atom. The third-order valence-corrected chi connectivity index (χ3v) is 3.80. The molecule has 1 aromatic carbocycles. The highest BCUT2D eigenvalue weighted by molar-refractivity contribution is 7.13. The first-order valence-electron chi connectivity index (χ1n) is 5.45. The number of aromatic hydroxyl groups is 1. The minimum absolute atomic E-state index is 0.0225. The van der Waals surface area contributed by atoms with Crippen molar-refractivity contribution in [3.05, 3.63) is 22.6 Å². The predicted molar refractivity (Wildman–Crippen MR) is 71.8 cm³/mol. The maximum atomic E-state index is 9.36. The summed E-state index contributed by atoms with van der Waals surface area (Å²) in [4.78, 5) is 4.07. The fraction of sp³-hybridized carbons (Fsp3) is 0.308. The van der Waals surface area contributed by atoms with Crippen LogP contribution in [0.2, 0.25) is 0 Å². The SMILES string of the molecule is COc1cc(-c2nc(O)cs2)c(OC)c(C)c1C. The molecule has 0 saturated carbocycles. The maximum absolute atomic E-state index is 9.36. The van der Waals surface area contributed by atoms with Gasteiger partial charge in [0.25, 0.3) is 0 Å². The summed E-state index contributed by atoms with van der Waals surface area (Å²) in [7, 11) is 3.27. The average molecular weight is 265 g/mol. The molecule has 0 aliphatic rings. The third kappa shape index (κ3) is 2.01. The Hall–Kier alpha value is -1.75. The Bertz CT molecular complexity index is 578. The number of aromatic nitrogens is 1. The lowest BCUT2D eigenvalue weighted by atomic mass is 10.0. The molecule has 2 aromatic rings. The molecule has 2 rings (SSSR count). The van der Waals surface area contributed by atoms with Crippen LogP contribution in [0, 0.1) is 13.8 Å². The molecule has 4 nitrogen and oxygen atoms in total. The van der Waals surface area contributed by atoms with E-state index >= 15 is 0 Å². The Morgan fingerprint density at radius 2 is 1.89 bits per heavy atom. The van der Waals surface area contributed by atoms with Crippen LogP contribution < -0.4 is 9.47 Å². The van der Waals surface area contributed by atoms with Gasteiger partial charge in [-0.25, -0.2) is 4.98 Å². The quantitative estimate of drug-likeness (QED) is 0.926. The fourth-order valence-electron chi connectivity index (χ4n) is 1.88. The summed E-state index contributed by atoms with van der Waals surface area (Å²) >= 11 is 1.37. The summed E-state index contributed by atoms with van der Waals surface area (Å²) in [5, 5.41) is 11.7. The van der Waals surface area contributed by atoms with Crippen LogP contribution in [0.1, 0.15) is 11.1 Å². The van der Waals surface area contributed by atoms with E-state index in [1.54, 1.807) is 19.6 Å². The van der Waals surface area contributed by atoms with Gasteiger partial charge in [-0.1, -0.05) is 0 Å². The summed E-state index contributed by atoms with van der Waals surface area (Å²) in [6.07, 6.45) is 0. The number of methoxy groups -OCH3 is 2. The van der Waals surface area contributed by atoms with Crippen LogP contribution in [0.25, 0.3) is 10.6 Å². The second-order valence-electron chi connectivity index (χ2n) is 3.92. The molecule has 0 fully saturated rings. The molecule has 0 radical (unpaired) electrons. The number of hydrogen-bond donors (Lipinski definition) is 1. The Labute approximate surface area is 110 Å². The van der Waals surface area contributed by atoms with Crippen molar-refractivity contribution in [3.8, 4) is 28.0 Å². The average Bonchev–Trinajstić information content (AvgIpc) is 2.79. The van der Waals surface area contributed by atoms with E-state index in [-0.39, 0.29) is 5.88 Å². The molecule has 0 aliphatic carbocycles. The Morgan fingerprint density at radius 3 is 2.39 bits per heavy atom.